The lowest BCUT2D eigenvalue weighted by molar-refractivity contribution is -0.151. The van der Waals surface area contributed by atoms with E-state index in [1.165, 1.54) is 12.1 Å². The first kappa shape index (κ1) is 11.4. The minimum atomic E-state index is -2.37. The van der Waals surface area contributed by atoms with Crippen molar-refractivity contribution >= 4 is 11.8 Å². The lowest BCUT2D eigenvalue weighted by Gasteiger charge is -2.16. The van der Waals surface area contributed by atoms with E-state index in [4.69, 9.17) is 5.11 Å². The Hall–Kier alpha value is -1.68. The zero-order valence-corrected chi connectivity index (χ0v) is 8.52. The van der Waals surface area contributed by atoms with Crippen LogP contribution >= 0.6 is 0 Å². The molecule has 0 aliphatic heterocycles. The second-order valence-electron chi connectivity index (χ2n) is 3.57. The molecular formula is C11H12O4. The topological polar surface area (TPSA) is 74.6 Å². The molecule has 0 aromatic heterocycles. The molecule has 4 heteroatoms. The maximum Gasteiger partial charge on any atom is 0.343 e. The molecule has 2 N–H and O–H groups in total. The second-order valence-corrected chi connectivity index (χ2v) is 3.57. The summed E-state index contributed by atoms with van der Waals surface area (Å²) < 4.78 is 0. The van der Waals surface area contributed by atoms with Crippen LogP contribution in [0.25, 0.3) is 0 Å². The molecule has 0 aliphatic rings. The van der Waals surface area contributed by atoms with Gasteiger partial charge in [0, 0.05) is 5.56 Å². The van der Waals surface area contributed by atoms with Crippen LogP contribution in [0, 0.1) is 6.92 Å². The summed E-state index contributed by atoms with van der Waals surface area (Å²) in [5.74, 6) is -2.36. The van der Waals surface area contributed by atoms with Gasteiger partial charge in [-0.1, -0.05) is 29.8 Å². The van der Waals surface area contributed by atoms with Crippen molar-refractivity contribution in [3.8, 4) is 0 Å². The van der Waals surface area contributed by atoms with Crippen LogP contribution in [0.2, 0.25) is 0 Å². The molecule has 0 radical (unpaired) electrons. The molecule has 0 aliphatic carbocycles. The Kier molecular flexibility index (Phi) is 2.90. The van der Waals surface area contributed by atoms with Crippen LogP contribution < -0.4 is 0 Å². The Morgan fingerprint density at radius 3 is 2.07 bits per heavy atom. The van der Waals surface area contributed by atoms with Crippen LogP contribution in [0.15, 0.2) is 24.3 Å². The zero-order valence-electron chi connectivity index (χ0n) is 8.52. The average Bonchev–Trinajstić information content (AvgIpc) is 2.17. The SMILES string of the molecule is Cc1ccc(C(=O)[C@](C)(O)C(=O)O)cc1. The number of hydrogen-bond acceptors (Lipinski definition) is 3. The van der Waals surface area contributed by atoms with Crippen molar-refractivity contribution in [2.24, 2.45) is 0 Å². The van der Waals surface area contributed by atoms with E-state index >= 15 is 0 Å². The number of carboxylic acid groups (broad SMARTS) is 1. The first-order chi connectivity index (χ1) is 6.85. The van der Waals surface area contributed by atoms with Gasteiger partial charge < -0.3 is 10.2 Å². The van der Waals surface area contributed by atoms with E-state index in [2.05, 4.69) is 0 Å². The Labute approximate surface area is 87.2 Å². The van der Waals surface area contributed by atoms with Crippen LogP contribution in [0.3, 0.4) is 0 Å². The Balaban J connectivity index is 3.05. The quantitative estimate of drug-likeness (QED) is 0.574. The van der Waals surface area contributed by atoms with Gasteiger partial charge in [-0.3, -0.25) is 4.79 Å². The smallest absolute Gasteiger partial charge is 0.343 e. The molecule has 1 rings (SSSR count). The van der Waals surface area contributed by atoms with Crippen molar-refractivity contribution < 1.29 is 19.8 Å². The highest BCUT2D eigenvalue weighted by molar-refractivity contribution is 6.14. The fourth-order valence-electron chi connectivity index (χ4n) is 1.08. The largest absolute Gasteiger partial charge is 0.479 e. The van der Waals surface area contributed by atoms with E-state index in [1.807, 2.05) is 6.92 Å². The summed E-state index contributed by atoms with van der Waals surface area (Å²) in [6, 6.07) is 6.36. The molecule has 0 amide bonds. The number of carboxylic acids is 1. The van der Waals surface area contributed by atoms with Gasteiger partial charge >= 0.3 is 5.97 Å². The number of benzene rings is 1. The molecule has 0 heterocycles. The maximum absolute atomic E-state index is 11.6. The lowest BCUT2D eigenvalue weighted by Crippen LogP contribution is -2.43. The number of Topliss-reactive ketones (excluding diaryl/α,β-unsaturated/α-hetero) is 1. The van der Waals surface area contributed by atoms with E-state index in [9.17, 15) is 14.7 Å². The first-order valence-corrected chi connectivity index (χ1v) is 4.43. The first-order valence-electron chi connectivity index (χ1n) is 4.43. The molecule has 1 aromatic rings. The molecule has 80 valence electrons. The third-order valence-corrected chi connectivity index (χ3v) is 2.17. The van der Waals surface area contributed by atoms with E-state index in [0.29, 0.717) is 0 Å². The van der Waals surface area contributed by atoms with Gasteiger partial charge in [0.25, 0.3) is 0 Å². The van der Waals surface area contributed by atoms with Gasteiger partial charge in [-0.25, -0.2) is 4.79 Å². The van der Waals surface area contributed by atoms with E-state index < -0.39 is 17.4 Å². The van der Waals surface area contributed by atoms with Crippen molar-refractivity contribution in [1.82, 2.24) is 0 Å². The van der Waals surface area contributed by atoms with Crippen LogP contribution in [-0.2, 0) is 4.79 Å². The molecule has 0 saturated carbocycles. The minimum Gasteiger partial charge on any atom is -0.479 e. The lowest BCUT2D eigenvalue weighted by atomic mass is 9.94. The normalized spacial score (nSPS) is 14.3. The van der Waals surface area contributed by atoms with Gasteiger partial charge in [-0.2, -0.15) is 0 Å². The van der Waals surface area contributed by atoms with Gasteiger partial charge in [-0.15, -0.1) is 0 Å². The second kappa shape index (κ2) is 3.82. The number of rotatable bonds is 3. The third-order valence-electron chi connectivity index (χ3n) is 2.17. The van der Waals surface area contributed by atoms with Crippen molar-refractivity contribution in [3.63, 3.8) is 0 Å². The van der Waals surface area contributed by atoms with Crippen molar-refractivity contribution in [2.75, 3.05) is 0 Å². The number of ketones is 1. The number of carbonyl (C=O) groups is 2. The molecular weight excluding hydrogens is 196 g/mol. The molecule has 4 nitrogen and oxygen atoms in total. The predicted molar refractivity (Wildman–Crippen MR) is 53.8 cm³/mol. The maximum atomic E-state index is 11.6. The summed E-state index contributed by atoms with van der Waals surface area (Å²) in [5.41, 5.74) is -1.22. The van der Waals surface area contributed by atoms with Gasteiger partial charge in [-0.05, 0) is 13.8 Å². The fourth-order valence-corrected chi connectivity index (χ4v) is 1.08. The minimum absolute atomic E-state index is 0.188. The molecule has 0 bridgehead atoms. The van der Waals surface area contributed by atoms with Crippen LogP contribution in [0.4, 0.5) is 0 Å². The van der Waals surface area contributed by atoms with Gasteiger partial charge in [0.05, 0.1) is 0 Å². The molecule has 1 atom stereocenters. The summed E-state index contributed by atoms with van der Waals surface area (Å²) >= 11 is 0. The summed E-state index contributed by atoms with van der Waals surface area (Å²) in [5, 5.41) is 18.1. The fraction of sp³-hybridized carbons (Fsp3) is 0.273. The average molecular weight is 208 g/mol. The number of aryl methyl sites for hydroxylation is 1. The molecule has 1 aromatic carbocycles. The highest BCUT2D eigenvalue weighted by atomic mass is 16.4. The van der Waals surface area contributed by atoms with E-state index in [-0.39, 0.29) is 5.56 Å². The monoisotopic (exact) mass is 208 g/mol. The molecule has 0 saturated heterocycles. The summed E-state index contributed by atoms with van der Waals surface area (Å²) in [6.07, 6.45) is 0. The summed E-state index contributed by atoms with van der Waals surface area (Å²) in [4.78, 5) is 22.2. The number of aliphatic hydroxyl groups is 1. The number of carbonyl (C=O) groups excluding carboxylic acids is 1. The van der Waals surface area contributed by atoms with Crippen LogP contribution in [0.5, 0.6) is 0 Å². The Morgan fingerprint density at radius 1 is 1.20 bits per heavy atom. The molecule has 15 heavy (non-hydrogen) atoms. The highest BCUT2D eigenvalue weighted by Gasteiger charge is 2.39. The number of hydrogen-bond donors (Lipinski definition) is 2. The van der Waals surface area contributed by atoms with Gasteiger partial charge in [0.1, 0.15) is 0 Å². The van der Waals surface area contributed by atoms with Gasteiger partial charge in [0.2, 0.25) is 11.4 Å². The summed E-state index contributed by atoms with van der Waals surface area (Å²) in [6.45, 7) is 2.82. The van der Waals surface area contributed by atoms with Gasteiger partial charge in [0.15, 0.2) is 0 Å². The highest BCUT2D eigenvalue weighted by Crippen LogP contribution is 2.14. The molecule has 0 spiro atoms. The Morgan fingerprint density at radius 2 is 1.67 bits per heavy atom. The molecule has 0 fully saturated rings. The van der Waals surface area contributed by atoms with E-state index in [0.717, 1.165) is 12.5 Å². The molecule has 0 unspecified atom stereocenters. The van der Waals surface area contributed by atoms with Crippen LogP contribution in [-0.4, -0.2) is 27.6 Å². The zero-order chi connectivity index (χ0) is 11.6. The number of aliphatic carboxylic acids is 1. The third kappa shape index (κ3) is 2.22. The summed E-state index contributed by atoms with van der Waals surface area (Å²) in [7, 11) is 0. The Bertz CT molecular complexity index is 390. The van der Waals surface area contributed by atoms with Crippen molar-refractivity contribution in [3.05, 3.63) is 35.4 Å². The standard InChI is InChI=1S/C11H12O4/c1-7-3-5-8(6-4-7)9(12)11(2,15)10(13)14/h3-6,15H,1-2H3,(H,13,14)/t11-/m0/s1. The predicted octanol–water partition coefficient (Wildman–Crippen LogP) is 1.01. The van der Waals surface area contributed by atoms with E-state index in [1.54, 1.807) is 12.1 Å². The van der Waals surface area contributed by atoms with Crippen LogP contribution in [0.1, 0.15) is 22.8 Å². The van der Waals surface area contributed by atoms with Crippen molar-refractivity contribution in [1.29, 1.82) is 0 Å². The van der Waals surface area contributed by atoms with Crippen molar-refractivity contribution in [2.45, 2.75) is 19.4 Å².